The summed E-state index contributed by atoms with van der Waals surface area (Å²) in [5, 5.41) is 10.7. The van der Waals surface area contributed by atoms with Gasteiger partial charge < -0.3 is 14.6 Å². The van der Waals surface area contributed by atoms with Crippen molar-refractivity contribution < 1.29 is 5.11 Å². The van der Waals surface area contributed by atoms with Gasteiger partial charge in [-0.05, 0) is 75.6 Å². The van der Waals surface area contributed by atoms with Crippen LogP contribution in [0, 0.1) is 33.6 Å². The lowest BCUT2D eigenvalue weighted by Gasteiger charge is -2.35. The Kier molecular flexibility index (Phi) is 5.92. The normalized spacial score (nSPS) is 17.0. The quantitative estimate of drug-likeness (QED) is 0.656. The van der Waals surface area contributed by atoms with E-state index in [9.17, 15) is 5.11 Å². The molecule has 1 aliphatic heterocycles. The third kappa shape index (κ3) is 3.76. The fourth-order valence-corrected chi connectivity index (χ4v) is 5.26. The van der Waals surface area contributed by atoms with E-state index < -0.39 is 0 Å². The minimum Gasteiger partial charge on any atom is -0.396 e. The molecular weight excluding hydrogens is 369 g/mol. The van der Waals surface area contributed by atoms with Gasteiger partial charge in [0.15, 0.2) is 7.28 Å². The minimum atomic E-state index is 0.283. The molecule has 3 aromatic rings. The highest BCUT2D eigenvalue weighted by Gasteiger charge is 2.24. The molecule has 0 bridgehead atoms. The summed E-state index contributed by atoms with van der Waals surface area (Å²) in [6.45, 7) is 13.3. The van der Waals surface area contributed by atoms with Crippen LogP contribution in [-0.4, -0.2) is 41.6 Å². The zero-order chi connectivity index (χ0) is 21.4. The second-order valence-corrected chi connectivity index (χ2v) is 9.06. The molecule has 1 aromatic carbocycles. The van der Waals surface area contributed by atoms with Crippen LogP contribution in [0.2, 0.25) is 6.82 Å². The second kappa shape index (κ2) is 8.47. The first-order chi connectivity index (χ1) is 14.4. The van der Waals surface area contributed by atoms with Crippen LogP contribution >= 0.6 is 0 Å². The van der Waals surface area contributed by atoms with Crippen molar-refractivity contribution in [2.24, 2.45) is 5.92 Å². The molecule has 4 nitrogen and oxygen atoms in total. The van der Waals surface area contributed by atoms with Crippen LogP contribution < -0.4 is 10.4 Å². The van der Waals surface area contributed by atoms with Crippen LogP contribution in [-0.2, 0) is 0 Å². The number of aryl methyl sites for hydroxylation is 4. The van der Waals surface area contributed by atoms with Gasteiger partial charge >= 0.3 is 0 Å². The van der Waals surface area contributed by atoms with E-state index in [4.69, 9.17) is 4.98 Å². The van der Waals surface area contributed by atoms with Crippen molar-refractivity contribution in [3.8, 4) is 5.69 Å². The van der Waals surface area contributed by atoms with Crippen LogP contribution in [0.15, 0.2) is 24.4 Å². The Bertz CT molecular complexity index is 1050. The smallest absolute Gasteiger partial charge is 0.154 e. The average Bonchev–Trinajstić information content (AvgIpc) is 3.03. The fourth-order valence-electron chi connectivity index (χ4n) is 5.26. The van der Waals surface area contributed by atoms with E-state index in [-0.39, 0.29) is 6.61 Å². The topological polar surface area (TPSA) is 41.3 Å². The van der Waals surface area contributed by atoms with Gasteiger partial charge in [0.25, 0.3) is 0 Å². The third-order valence-corrected chi connectivity index (χ3v) is 6.65. The Labute approximate surface area is 181 Å². The van der Waals surface area contributed by atoms with Crippen LogP contribution in [0.5, 0.6) is 0 Å². The molecule has 0 spiro atoms. The number of pyridine rings is 1. The Balaban J connectivity index is 1.87. The number of nitrogens with zero attached hydrogens (tertiary/aromatic N) is 3. The van der Waals surface area contributed by atoms with Gasteiger partial charge in [0, 0.05) is 42.7 Å². The number of hydrogen-bond acceptors (Lipinski definition) is 3. The van der Waals surface area contributed by atoms with Gasteiger partial charge in [-0.2, -0.15) is 0 Å². The van der Waals surface area contributed by atoms with Gasteiger partial charge in [0.05, 0.1) is 5.69 Å². The number of piperidine rings is 1. The number of aliphatic hydroxyl groups excluding tert-OH is 1. The van der Waals surface area contributed by atoms with E-state index in [1.165, 1.54) is 51.8 Å². The molecule has 2 aromatic heterocycles. The first-order valence-electron chi connectivity index (χ1n) is 11.4. The van der Waals surface area contributed by atoms with Crippen molar-refractivity contribution in [3.05, 3.63) is 46.8 Å². The molecule has 1 saturated heterocycles. The summed E-state index contributed by atoms with van der Waals surface area (Å²) in [5.74, 6) is 0.570. The predicted octanol–water partition coefficient (Wildman–Crippen LogP) is 3.97. The number of aromatic nitrogens is 2. The van der Waals surface area contributed by atoms with Crippen LogP contribution in [0.4, 0.5) is 5.69 Å². The van der Waals surface area contributed by atoms with E-state index in [0.717, 1.165) is 38.1 Å². The summed E-state index contributed by atoms with van der Waals surface area (Å²) in [5.41, 5.74) is 9.93. The molecule has 3 heterocycles. The van der Waals surface area contributed by atoms with Crippen LogP contribution in [0.25, 0.3) is 16.7 Å². The summed E-state index contributed by atoms with van der Waals surface area (Å²) < 4.78 is 2.31. The molecule has 0 radical (unpaired) electrons. The molecule has 0 aliphatic carbocycles. The molecule has 1 aliphatic rings. The highest BCUT2D eigenvalue weighted by atomic mass is 16.3. The van der Waals surface area contributed by atoms with Crippen molar-refractivity contribution in [1.29, 1.82) is 0 Å². The van der Waals surface area contributed by atoms with Gasteiger partial charge in [-0.15, -0.1) is 0 Å². The first kappa shape index (κ1) is 21.0. The summed E-state index contributed by atoms with van der Waals surface area (Å²) in [6.07, 6.45) is 5.55. The maximum Gasteiger partial charge on any atom is 0.154 e. The number of rotatable bonds is 5. The molecule has 1 N–H and O–H groups in total. The Morgan fingerprint density at radius 1 is 1.10 bits per heavy atom. The van der Waals surface area contributed by atoms with Gasteiger partial charge in [-0.3, -0.25) is 0 Å². The van der Waals surface area contributed by atoms with E-state index in [0.29, 0.717) is 5.92 Å². The predicted molar refractivity (Wildman–Crippen MR) is 129 cm³/mol. The molecule has 5 heteroatoms. The third-order valence-electron chi connectivity index (χ3n) is 6.65. The van der Waals surface area contributed by atoms with E-state index >= 15 is 0 Å². The lowest BCUT2D eigenvalue weighted by atomic mass is 9.72. The van der Waals surface area contributed by atoms with E-state index in [1.54, 1.807) is 0 Å². The number of benzene rings is 1. The summed E-state index contributed by atoms with van der Waals surface area (Å²) in [6, 6.07) is 6.87. The lowest BCUT2D eigenvalue weighted by Crippen LogP contribution is -2.36. The lowest BCUT2D eigenvalue weighted by molar-refractivity contribution is 0.244. The SMILES string of the molecule is CBc1cc(C)c(-n2cc(C)c3c(N4CCCC(CCO)C4)cc(C)nc32)c(C)c1. The molecule has 0 saturated carbocycles. The monoisotopic (exact) mass is 403 g/mol. The van der Waals surface area contributed by atoms with E-state index in [2.05, 4.69) is 68.4 Å². The molecule has 158 valence electrons. The van der Waals surface area contributed by atoms with Crippen molar-refractivity contribution >= 4 is 29.5 Å². The maximum absolute atomic E-state index is 9.42. The molecule has 4 rings (SSSR count). The summed E-state index contributed by atoms with van der Waals surface area (Å²) >= 11 is 0. The molecule has 0 amide bonds. The second-order valence-electron chi connectivity index (χ2n) is 9.06. The minimum absolute atomic E-state index is 0.283. The van der Waals surface area contributed by atoms with Crippen LogP contribution in [0.1, 0.15) is 41.6 Å². The van der Waals surface area contributed by atoms with Crippen LogP contribution in [0.3, 0.4) is 0 Å². The zero-order valence-corrected chi connectivity index (χ0v) is 19.1. The summed E-state index contributed by atoms with van der Waals surface area (Å²) in [4.78, 5) is 7.53. The Morgan fingerprint density at radius 2 is 1.83 bits per heavy atom. The average molecular weight is 403 g/mol. The molecule has 30 heavy (non-hydrogen) atoms. The highest BCUT2D eigenvalue weighted by Crippen LogP contribution is 2.36. The highest BCUT2D eigenvalue weighted by molar-refractivity contribution is 6.52. The number of fused-ring (bicyclic) bond motifs is 1. The fraction of sp³-hybridized carbons (Fsp3) is 0.480. The zero-order valence-electron chi connectivity index (χ0n) is 19.1. The van der Waals surface area contributed by atoms with Crippen molar-refractivity contribution in [2.45, 2.75) is 53.8 Å². The largest absolute Gasteiger partial charge is 0.396 e. The Morgan fingerprint density at radius 3 is 2.50 bits per heavy atom. The van der Waals surface area contributed by atoms with Gasteiger partial charge in [0.1, 0.15) is 5.65 Å². The van der Waals surface area contributed by atoms with Gasteiger partial charge in [-0.1, -0.05) is 24.4 Å². The van der Waals surface area contributed by atoms with E-state index in [1.807, 2.05) is 0 Å². The molecular formula is C25H34BN3O. The van der Waals surface area contributed by atoms with Crippen molar-refractivity contribution in [1.82, 2.24) is 9.55 Å². The maximum atomic E-state index is 9.42. The first-order valence-corrected chi connectivity index (χ1v) is 11.4. The van der Waals surface area contributed by atoms with Crippen molar-refractivity contribution in [2.75, 3.05) is 24.6 Å². The molecule has 1 unspecified atom stereocenters. The number of anilines is 1. The standard InChI is InChI=1S/C25H34BN3O/c1-16-11-21(26-5)12-17(2)24(16)29-14-18(3)23-22(13-19(4)27-25(23)29)28-9-6-7-20(15-28)8-10-30/h11-14,20,26,30H,6-10,15H2,1-5H3. The van der Waals surface area contributed by atoms with Gasteiger partial charge in [0.2, 0.25) is 0 Å². The Hall–Kier alpha value is -2.27. The van der Waals surface area contributed by atoms with Crippen molar-refractivity contribution in [3.63, 3.8) is 0 Å². The number of hydrogen-bond donors (Lipinski definition) is 1. The molecule has 1 atom stereocenters. The molecule has 1 fully saturated rings. The number of aliphatic hydroxyl groups is 1. The van der Waals surface area contributed by atoms with Gasteiger partial charge in [-0.25, -0.2) is 4.98 Å². The summed E-state index contributed by atoms with van der Waals surface area (Å²) in [7, 11) is 1.05.